The number of aliphatic hydroxyl groups excluding tert-OH is 1. The maximum absolute atomic E-state index is 11.7. The third kappa shape index (κ3) is 3.52. The lowest BCUT2D eigenvalue weighted by molar-refractivity contribution is 0.156. The Labute approximate surface area is 120 Å². The monoisotopic (exact) mass is 298 g/mol. The zero-order valence-electron chi connectivity index (χ0n) is 12.0. The zero-order valence-corrected chi connectivity index (χ0v) is 12.8. The van der Waals surface area contributed by atoms with Crippen molar-refractivity contribution < 1.29 is 18.3 Å². The molecule has 4 nitrogen and oxygen atoms in total. The van der Waals surface area contributed by atoms with Crippen LogP contribution in [0.4, 0.5) is 0 Å². The van der Waals surface area contributed by atoms with Crippen LogP contribution in [0.15, 0.2) is 18.2 Å². The average molecular weight is 298 g/mol. The van der Waals surface area contributed by atoms with Gasteiger partial charge in [-0.1, -0.05) is 6.07 Å². The van der Waals surface area contributed by atoms with Crippen molar-refractivity contribution >= 4 is 9.84 Å². The van der Waals surface area contributed by atoms with Crippen LogP contribution in [-0.2, 0) is 16.3 Å². The number of aliphatic hydroxyl groups is 1. The second kappa shape index (κ2) is 6.14. The van der Waals surface area contributed by atoms with E-state index >= 15 is 0 Å². The smallest absolute Gasteiger partial charge is 0.155 e. The first-order valence-electron chi connectivity index (χ1n) is 7.05. The summed E-state index contributed by atoms with van der Waals surface area (Å²) in [5, 5.41) is 9.58. The summed E-state index contributed by atoms with van der Waals surface area (Å²) >= 11 is 0. The summed E-state index contributed by atoms with van der Waals surface area (Å²) < 4.78 is 28.9. The molecule has 112 valence electrons. The fourth-order valence-corrected chi connectivity index (χ4v) is 3.14. The van der Waals surface area contributed by atoms with E-state index in [0.717, 1.165) is 30.4 Å². The van der Waals surface area contributed by atoms with Gasteiger partial charge in [0.05, 0.1) is 17.1 Å². The van der Waals surface area contributed by atoms with E-state index in [4.69, 9.17) is 4.74 Å². The molecule has 1 aromatic carbocycles. The fourth-order valence-electron chi connectivity index (χ4n) is 2.35. The van der Waals surface area contributed by atoms with Crippen molar-refractivity contribution in [1.82, 2.24) is 0 Å². The topological polar surface area (TPSA) is 63.6 Å². The highest BCUT2D eigenvalue weighted by molar-refractivity contribution is 7.91. The Morgan fingerprint density at radius 3 is 2.85 bits per heavy atom. The van der Waals surface area contributed by atoms with Crippen LogP contribution in [-0.4, -0.2) is 31.1 Å². The molecule has 0 unspecified atom stereocenters. The van der Waals surface area contributed by atoms with Crippen LogP contribution in [0, 0.1) is 0 Å². The summed E-state index contributed by atoms with van der Waals surface area (Å²) in [6, 6.07) is 5.64. The van der Waals surface area contributed by atoms with E-state index in [1.165, 1.54) is 0 Å². The number of hydrogen-bond donors (Lipinski definition) is 1. The maximum Gasteiger partial charge on any atom is 0.155 e. The molecule has 0 bridgehead atoms. The van der Waals surface area contributed by atoms with E-state index in [1.807, 2.05) is 18.2 Å². The van der Waals surface area contributed by atoms with Crippen molar-refractivity contribution in [2.24, 2.45) is 0 Å². The summed E-state index contributed by atoms with van der Waals surface area (Å²) in [4.78, 5) is 0. The number of aryl methyl sites for hydroxylation is 1. The summed E-state index contributed by atoms with van der Waals surface area (Å²) in [7, 11) is -3.07. The molecular weight excluding hydrogens is 276 g/mol. The van der Waals surface area contributed by atoms with Gasteiger partial charge in [0.15, 0.2) is 9.84 Å². The van der Waals surface area contributed by atoms with Gasteiger partial charge in [0, 0.05) is 0 Å². The van der Waals surface area contributed by atoms with Crippen LogP contribution in [0.1, 0.15) is 43.9 Å². The van der Waals surface area contributed by atoms with E-state index in [2.05, 4.69) is 0 Å². The molecule has 1 aromatic rings. The van der Waals surface area contributed by atoms with Crippen molar-refractivity contribution in [3.05, 3.63) is 29.3 Å². The van der Waals surface area contributed by atoms with E-state index in [1.54, 1.807) is 13.8 Å². The Bertz CT molecular complexity index is 563. The van der Waals surface area contributed by atoms with Crippen molar-refractivity contribution in [3.8, 4) is 5.75 Å². The highest BCUT2D eigenvalue weighted by Gasteiger charge is 2.19. The maximum atomic E-state index is 11.7. The Hall–Kier alpha value is -1.07. The van der Waals surface area contributed by atoms with Crippen molar-refractivity contribution in [1.29, 1.82) is 0 Å². The van der Waals surface area contributed by atoms with Crippen LogP contribution >= 0.6 is 0 Å². The number of ether oxygens (including phenoxy) is 1. The van der Waals surface area contributed by atoms with Crippen LogP contribution in [0.5, 0.6) is 5.75 Å². The van der Waals surface area contributed by atoms with Gasteiger partial charge < -0.3 is 9.84 Å². The van der Waals surface area contributed by atoms with Crippen LogP contribution in [0.2, 0.25) is 0 Å². The molecule has 1 atom stereocenters. The molecule has 0 aromatic heterocycles. The Morgan fingerprint density at radius 2 is 2.15 bits per heavy atom. The van der Waals surface area contributed by atoms with Crippen molar-refractivity contribution in [3.63, 3.8) is 0 Å². The molecule has 0 fully saturated rings. The van der Waals surface area contributed by atoms with Gasteiger partial charge in [-0.2, -0.15) is 0 Å². The highest BCUT2D eigenvalue weighted by Crippen LogP contribution is 2.32. The first-order chi connectivity index (χ1) is 9.40. The highest BCUT2D eigenvalue weighted by atomic mass is 32.2. The quantitative estimate of drug-likeness (QED) is 0.905. The van der Waals surface area contributed by atoms with Crippen molar-refractivity contribution in [2.75, 3.05) is 12.4 Å². The minimum Gasteiger partial charge on any atom is -0.493 e. The Kier molecular flexibility index (Phi) is 4.70. The summed E-state index contributed by atoms with van der Waals surface area (Å²) in [5.41, 5.74) is 2.08. The molecule has 0 aliphatic heterocycles. The number of benzene rings is 1. The lowest BCUT2D eigenvalue weighted by Gasteiger charge is -2.22. The largest absolute Gasteiger partial charge is 0.493 e. The molecule has 1 aliphatic rings. The third-order valence-electron chi connectivity index (χ3n) is 3.75. The third-order valence-corrected chi connectivity index (χ3v) is 5.93. The first-order valence-corrected chi connectivity index (χ1v) is 8.77. The molecule has 0 radical (unpaired) electrons. The standard InChI is InChI=1S/C15H22O4S/c1-11(2)20(17,18)9-8-19-13-7-6-12-4-3-5-15(16)14(12)10-13/h6-7,10-11,15-16H,3-5,8-9H2,1-2H3/t15-/m0/s1. The van der Waals surface area contributed by atoms with Crippen molar-refractivity contribution in [2.45, 2.75) is 44.5 Å². The molecule has 0 heterocycles. The average Bonchev–Trinajstić information content (AvgIpc) is 2.39. The minimum absolute atomic E-state index is 0.0182. The fraction of sp³-hybridized carbons (Fsp3) is 0.600. The Balaban J connectivity index is 1.99. The van der Waals surface area contributed by atoms with E-state index in [-0.39, 0.29) is 17.6 Å². The van der Waals surface area contributed by atoms with Crippen LogP contribution < -0.4 is 4.74 Å². The number of rotatable bonds is 5. The SMILES string of the molecule is CC(C)S(=O)(=O)CCOc1ccc2c(c1)[C@@H](O)CCC2. The molecular formula is C15H22O4S. The molecule has 1 aliphatic carbocycles. The molecule has 20 heavy (non-hydrogen) atoms. The lowest BCUT2D eigenvalue weighted by Crippen LogP contribution is -2.22. The van der Waals surface area contributed by atoms with Gasteiger partial charge in [-0.25, -0.2) is 8.42 Å². The van der Waals surface area contributed by atoms with Gasteiger partial charge in [-0.05, 0) is 56.4 Å². The second-order valence-corrected chi connectivity index (χ2v) is 8.21. The molecule has 0 saturated heterocycles. The Morgan fingerprint density at radius 1 is 1.40 bits per heavy atom. The number of sulfone groups is 1. The number of hydrogen-bond acceptors (Lipinski definition) is 4. The summed E-state index contributed by atoms with van der Waals surface area (Å²) in [6.07, 6.45) is 2.33. The predicted octanol–water partition coefficient (Wildman–Crippen LogP) is 2.26. The summed E-state index contributed by atoms with van der Waals surface area (Å²) in [6.45, 7) is 3.49. The first kappa shape index (κ1) is 15.3. The molecule has 1 N–H and O–H groups in total. The summed E-state index contributed by atoms with van der Waals surface area (Å²) in [5.74, 6) is 0.647. The number of fused-ring (bicyclic) bond motifs is 1. The van der Waals surface area contributed by atoms with Gasteiger partial charge >= 0.3 is 0 Å². The lowest BCUT2D eigenvalue weighted by atomic mass is 9.89. The van der Waals surface area contributed by atoms with Crippen LogP contribution in [0.25, 0.3) is 0 Å². The minimum atomic E-state index is -3.07. The van der Waals surface area contributed by atoms with Gasteiger partial charge in [0.2, 0.25) is 0 Å². The van der Waals surface area contributed by atoms with E-state index < -0.39 is 15.9 Å². The molecule has 5 heteroatoms. The van der Waals surface area contributed by atoms with Gasteiger partial charge in [-0.15, -0.1) is 0 Å². The van der Waals surface area contributed by atoms with Gasteiger partial charge in [-0.3, -0.25) is 0 Å². The van der Waals surface area contributed by atoms with E-state index in [0.29, 0.717) is 5.75 Å². The second-order valence-electron chi connectivity index (χ2n) is 5.53. The van der Waals surface area contributed by atoms with Gasteiger partial charge in [0.1, 0.15) is 12.4 Å². The normalized spacial score (nSPS) is 18.9. The predicted molar refractivity (Wildman–Crippen MR) is 78.8 cm³/mol. The molecule has 0 spiro atoms. The molecule has 0 saturated carbocycles. The van der Waals surface area contributed by atoms with Gasteiger partial charge in [0.25, 0.3) is 0 Å². The zero-order chi connectivity index (χ0) is 14.8. The molecule has 0 amide bonds. The van der Waals surface area contributed by atoms with Crippen LogP contribution in [0.3, 0.4) is 0 Å². The molecule has 2 rings (SSSR count). The van der Waals surface area contributed by atoms with E-state index in [9.17, 15) is 13.5 Å².